The molecule has 1 atom stereocenters. The van der Waals surface area contributed by atoms with Gasteiger partial charge in [0.15, 0.2) is 0 Å². The van der Waals surface area contributed by atoms with Crippen molar-refractivity contribution >= 4 is 29.1 Å². The number of nitrogens with zero attached hydrogens (tertiary/aromatic N) is 3. The Kier molecular flexibility index (Phi) is 7.12. The van der Waals surface area contributed by atoms with Crippen LogP contribution >= 0.6 is 11.6 Å². The summed E-state index contributed by atoms with van der Waals surface area (Å²) in [6.45, 7) is 9.15. The Labute approximate surface area is 155 Å². The summed E-state index contributed by atoms with van der Waals surface area (Å²) in [5.74, 6) is 0.160. The van der Waals surface area contributed by atoms with Crippen molar-refractivity contribution in [2.24, 2.45) is 0 Å². The highest BCUT2D eigenvalue weighted by atomic mass is 35.5. The van der Waals surface area contributed by atoms with Crippen molar-refractivity contribution < 1.29 is 9.59 Å². The van der Waals surface area contributed by atoms with Crippen molar-refractivity contribution in [3.63, 3.8) is 0 Å². The zero-order chi connectivity index (χ0) is 18.4. The first-order valence-corrected chi connectivity index (χ1v) is 9.35. The van der Waals surface area contributed by atoms with E-state index in [0.29, 0.717) is 26.1 Å². The van der Waals surface area contributed by atoms with Gasteiger partial charge in [-0.3, -0.25) is 9.59 Å². The van der Waals surface area contributed by atoms with Crippen LogP contribution in [-0.2, 0) is 9.59 Å². The lowest BCUT2D eigenvalue weighted by Crippen LogP contribution is -2.49. The largest absolute Gasteiger partial charge is 0.368 e. The second-order valence-corrected chi connectivity index (χ2v) is 7.00. The van der Waals surface area contributed by atoms with E-state index in [-0.39, 0.29) is 17.9 Å². The second-order valence-electron chi connectivity index (χ2n) is 6.57. The van der Waals surface area contributed by atoms with Crippen LogP contribution in [0.25, 0.3) is 0 Å². The molecule has 5 nitrogen and oxygen atoms in total. The first-order valence-electron chi connectivity index (χ1n) is 8.98. The summed E-state index contributed by atoms with van der Waals surface area (Å²) in [5.41, 5.74) is 1.10. The van der Waals surface area contributed by atoms with Crippen molar-refractivity contribution in [3.8, 4) is 0 Å². The number of rotatable bonds is 6. The molecule has 0 saturated carbocycles. The molecular weight excluding hydrogens is 338 g/mol. The topological polar surface area (TPSA) is 43.9 Å². The minimum atomic E-state index is 0.0351. The van der Waals surface area contributed by atoms with Crippen LogP contribution in [0.15, 0.2) is 24.3 Å². The molecule has 0 aliphatic carbocycles. The molecule has 0 N–H and O–H groups in total. The molecular formula is C19H28ClN3O2. The Bertz CT molecular complexity index is 600. The van der Waals surface area contributed by atoms with E-state index < -0.39 is 0 Å². The van der Waals surface area contributed by atoms with Gasteiger partial charge in [-0.1, -0.05) is 24.6 Å². The second kappa shape index (κ2) is 9.09. The number of carbonyl (C=O) groups excluding carboxylic acids is 2. The molecule has 1 aromatic rings. The number of halogens is 1. The Morgan fingerprint density at radius 3 is 2.48 bits per heavy atom. The van der Waals surface area contributed by atoms with Crippen molar-refractivity contribution in [1.82, 2.24) is 9.80 Å². The highest BCUT2D eigenvalue weighted by molar-refractivity contribution is 6.30. The van der Waals surface area contributed by atoms with E-state index >= 15 is 0 Å². The molecule has 138 valence electrons. The third-order valence-electron chi connectivity index (χ3n) is 4.90. The highest BCUT2D eigenvalue weighted by Gasteiger charge is 2.23. The maximum absolute atomic E-state index is 12.5. The molecule has 6 heteroatoms. The quantitative estimate of drug-likeness (QED) is 0.778. The van der Waals surface area contributed by atoms with Crippen LogP contribution in [0.2, 0.25) is 5.02 Å². The van der Waals surface area contributed by atoms with Gasteiger partial charge in [0.05, 0.1) is 0 Å². The Balaban J connectivity index is 1.83. The molecule has 1 saturated heterocycles. The van der Waals surface area contributed by atoms with Crippen LogP contribution in [0, 0.1) is 0 Å². The first kappa shape index (κ1) is 19.6. The lowest BCUT2D eigenvalue weighted by atomic mass is 10.2. The van der Waals surface area contributed by atoms with E-state index in [4.69, 9.17) is 11.6 Å². The molecule has 25 heavy (non-hydrogen) atoms. The van der Waals surface area contributed by atoms with Crippen molar-refractivity contribution in [2.75, 3.05) is 37.6 Å². The fraction of sp³-hybridized carbons (Fsp3) is 0.579. The van der Waals surface area contributed by atoms with Gasteiger partial charge in [-0.15, -0.1) is 0 Å². The number of piperazine rings is 1. The fourth-order valence-corrected chi connectivity index (χ4v) is 3.35. The molecule has 1 fully saturated rings. The maximum Gasteiger partial charge on any atom is 0.224 e. The molecule has 0 aromatic heterocycles. The van der Waals surface area contributed by atoms with E-state index in [1.54, 1.807) is 11.8 Å². The third kappa shape index (κ3) is 5.36. The van der Waals surface area contributed by atoms with E-state index in [0.717, 1.165) is 30.2 Å². The zero-order valence-corrected chi connectivity index (χ0v) is 16.1. The number of amides is 2. The van der Waals surface area contributed by atoms with Crippen molar-refractivity contribution in [1.29, 1.82) is 0 Å². The summed E-state index contributed by atoms with van der Waals surface area (Å²) in [6, 6.07) is 7.98. The van der Waals surface area contributed by atoms with Crippen LogP contribution in [-0.4, -0.2) is 60.4 Å². The average Bonchev–Trinajstić information content (AvgIpc) is 2.61. The van der Waals surface area contributed by atoms with Crippen LogP contribution in [0.5, 0.6) is 0 Å². The molecule has 1 unspecified atom stereocenters. The van der Waals surface area contributed by atoms with Gasteiger partial charge in [-0.25, -0.2) is 0 Å². The van der Waals surface area contributed by atoms with Crippen LogP contribution in [0.1, 0.15) is 33.6 Å². The third-order valence-corrected chi connectivity index (χ3v) is 5.13. The first-order chi connectivity index (χ1) is 11.9. The summed E-state index contributed by atoms with van der Waals surface area (Å²) < 4.78 is 0. The Morgan fingerprint density at radius 1 is 1.24 bits per heavy atom. The molecule has 1 heterocycles. The lowest BCUT2D eigenvalue weighted by Gasteiger charge is -2.36. The average molecular weight is 366 g/mol. The predicted octanol–water partition coefficient (Wildman–Crippen LogP) is 3.03. The normalized spacial score (nSPS) is 15.8. The molecule has 0 spiro atoms. The molecule has 2 amide bonds. The van der Waals surface area contributed by atoms with Gasteiger partial charge < -0.3 is 14.7 Å². The minimum absolute atomic E-state index is 0.0351. The fourth-order valence-electron chi connectivity index (χ4n) is 3.17. The van der Waals surface area contributed by atoms with Crippen LogP contribution in [0.3, 0.4) is 0 Å². The number of carbonyl (C=O) groups is 2. The van der Waals surface area contributed by atoms with E-state index in [9.17, 15) is 9.59 Å². The molecule has 1 aliphatic rings. The summed E-state index contributed by atoms with van der Waals surface area (Å²) in [5, 5.41) is 0.727. The summed E-state index contributed by atoms with van der Waals surface area (Å²) in [4.78, 5) is 30.2. The zero-order valence-electron chi connectivity index (χ0n) is 15.4. The number of benzene rings is 1. The summed E-state index contributed by atoms with van der Waals surface area (Å²) >= 11 is 6.05. The monoisotopic (exact) mass is 365 g/mol. The molecule has 1 aromatic carbocycles. The molecule has 0 bridgehead atoms. The standard InChI is InChI=1S/C19H28ClN3O2/c1-4-15(2)23(16(3)24)9-8-19(25)22-12-10-21(11-13-22)18-7-5-6-17(20)14-18/h5-7,14-15H,4,8-13H2,1-3H3. The van der Waals surface area contributed by atoms with Crippen molar-refractivity contribution in [3.05, 3.63) is 29.3 Å². The van der Waals surface area contributed by atoms with Gasteiger partial charge in [0.1, 0.15) is 0 Å². The van der Waals surface area contributed by atoms with Crippen molar-refractivity contribution in [2.45, 2.75) is 39.7 Å². The van der Waals surface area contributed by atoms with Gasteiger partial charge in [-0.2, -0.15) is 0 Å². The number of hydrogen-bond donors (Lipinski definition) is 0. The molecule has 0 radical (unpaired) electrons. The van der Waals surface area contributed by atoms with E-state index in [2.05, 4.69) is 11.8 Å². The minimum Gasteiger partial charge on any atom is -0.368 e. The maximum atomic E-state index is 12.5. The highest BCUT2D eigenvalue weighted by Crippen LogP contribution is 2.21. The van der Waals surface area contributed by atoms with E-state index in [1.807, 2.05) is 36.1 Å². The molecule has 1 aliphatic heterocycles. The van der Waals surface area contributed by atoms with Crippen LogP contribution in [0.4, 0.5) is 5.69 Å². The number of hydrogen-bond acceptors (Lipinski definition) is 3. The summed E-state index contributed by atoms with van der Waals surface area (Å²) in [6.07, 6.45) is 1.28. The van der Waals surface area contributed by atoms with Crippen LogP contribution < -0.4 is 4.90 Å². The van der Waals surface area contributed by atoms with Gasteiger partial charge >= 0.3 is 0 Å². The Hall–Kier alpha value is -1.75. The van der Waals surface area contributed by atoms with E-state index in [1.165, 1.54) is 0 Å². The van der Waals surface area contributed by atoms with Gasteiger partial charge in [0.25, 0.3) is 0 Å². The summed E-state index contributed by atoms with van der Waals surface area (Å²) in [7, 11) is 0. The smallest absolute Gasteiger partial charge is 0.224 e. The lowest BCUT2D eigenvalue weighted by molar-refractivity contribution is -0.134. The van der Waals surface area contributed by atoms with Gasteiger partial charge in [0, 0.05) is 62.8 Å². The van der Waals surface area contributed by atoms with Gasteiger partial charge in [-0.05, 0) is 31.5 Å². The SMILES string of the molecule is CCC(C)N(CCC(=O)N1CCN(c2cccc(Cl)c2)CC1)C(C)=O. The number of anilines is 1. The predicted molar refractivity (Wildman–Crippen MR) is 102 cm³/mol. The van der Waals surface area contributed by atoms with Gasteiger partial charge in [0.2, 0.25) is 11.8 Å². The Morgan fingerprint density at radius 2 is 1.92 bits per heavy atom. The molecule has 2 rings (SSSR count).